The summed E-state index contributed by atoms with van der Waals surface area (Å²) in [5.41, 5.74) is 6.29. The first-order valence-electron chi connectivity index (χ1n) is 9.74. The van der Waals surface area contributed by atoms with E-state index in [9.17, 15) is 0 Å². The number of fused-ring (bicyclic) bond motifs is 2. The topological polar surface area (TPSA) is 53.6 Å². The largest absolute Gasteiger partial charge is 0.351 e. The lowest BCUT2D eigenvalue weighted by molar-refractivity contribution is 0.548. The van der Waals surface area contributed by atoms with Crippen LogP contribution in [0.5, 0.6) is 0 Å². The predicted octanol–water partition coefficient (Wildman–Crippen LogP) is 4.65. The van der Waals surface area contributed by atoms with E-state index < -0.39 is 0 Å². The Labute approximate surface area is 165 Å². The van der Waals surface area contributed by atoms with Crippen LogP contribution in [-0.4, -0.2) is 21.5 Å². The van der Waals surface area contributed by atoms with Gasteiger partial charge in [-0.1, -0.05) is 30.2 Å². The average Bonchev–Trinajstić information content (AvgIpc) is 3.15. The smallest absolute Gasteiger partial charge is 0.0923 e. The standard InChI is InChI=1S/C22H25ClN4/c23-18-9-10-20-17(13-18)8-7-16-5-4-12-25-21(16)22(20)26-11-3-1-2-6-19-14-24-15-27-19/h4-5,9-10,12-15,22,26H,1-3,6-8,11H2,(H,24,27). The van der Waals surface area contributed by atoms with Gasteiger partial charge < -0.3 is 10.3 Å². The van der Waals surface area contributed by atoms with Crippen LogP contribution in [0.2, 0.25) is 5.02 Å². The number of unbranched alkanes of at least 4 members (excludes halogenated alkanes) is 2. The molecule has 1 aromatic carbocycles. The minimum absolute atomic E-state index is 0.141. The van der Waals surface area contributed by atoms with Gasteiger partial charge in [-0.15, -0.1) is 0 Å². The molecule has 0 amide bonds. The highest BCUT2D eigenvalue weighted by atomic mass is 35.5. The first-order valence-corrected chi connectivity index (χ1v) is 10.1. The zero-order valence-corrected chi connectivity index (χ0v) is 16.2. The molecule has 1 unspecified atom stereocenters. The monoisotopic (exact) mass is 380 g/mol. The lowest BCUT2D eigenvalue weighted by Gasteiger charge is -2.21. The van der Waals surface area contributed by atoms with Crippen LogP contribution in [0.15, 0.2) is 49.1 Å². The zero-order chi connectivity index (χ0) is 18.5. The van der Waals surface area contributed by atoms with Gasteiger partial charge in [0.1, 0.15) is 0 Å². The molecule has 140 valence electrons. The van der Waals surface area contributed by atoms with Gasteiger partial charge in [0, 0.05) is 17.4 Å². The van der Waals surface area contributed by atoms with Crippen LogP contribution in [0.3, 0.4) is 0 Å². The van der Waals surface area contributed by atoms with E-state index in [2.05, 4.69) is 33.5 Å². The highest BCUT2D eigenvalue weighted by molar-refractivity contribution is 6.30. The first kappa shape index (κ1) is 18.2. The van der Waals surface area contributed by atoms with Crippen molar-refractivity contribution in [3.05, 3.63) is 82.2 Å². The molecular weight excluding hydrogens is 356 g/mol. The molecule has 5 heteroatoms. The third-order valence-corrected chi connectivity index (χ3v) is 5.53. The maximum atomic E-state index is 6.25. The second kappa shape index (κ2) is 8.68. The Kier molecular flexibility index (Phi) is 5.85. The summed E-state index contributed by atoms with van der Waals surface area (Å²) in [5, 5.41) is 4.57. The number of imidazole rings is 1. The fourth-order valence-electron chi connectivity index (χ4n) is 3.90. The fraction of sp³-hybridized carbons (Fsp3) is 0.364. The highest BCUT2D eigenvalue weighted by Crippen LogP contribution is 2.32. The number of H-pyrrole nitrogens is 1. The summed E-state index contributed by atoms with van der Waals surface area (Å²) in [4.78, 5) is 12.0. The zero-order valence-electron chi connectivity index (χ0n) is 15.4. The Morgan fingerprint density at radius 2 is 2.00 bits per heavy atom. The molecule has 1 atom stereocenters. The number of halogens is 1. The van der Waals surface area contributed by atoms with Crippen molar-refractivity contribution in [3.8, 4) is 0 Å². The van der Waals surface area contributed by atoms with E-state index in [-0.39, 0.29) is 6.04 Å². The number of hydrogen-bond donors (Lipinski definition) is 2. The molecule has 0 saturated heterocycles. The number of rotatable bonds is 7. The average molecular weight is 381 g/mol. The van der Waals surface area contributed by atoms with Crippen LogP contribution in [0, 0.1) is 0 Å². The van der Waals surface area contributed by atoms with Crippen molar-refractivity contribution >= 4 is 11.6 Å². The molecule has 2 heterocycles. The quantitative estimate of drug-likeness (QED) is 0.586. The third-order valence-electron chi connectivity index (χ3n) is 5.29. The molecule has 0 saturated carbocycles. The van der Waals surface area contributed by atoms with Crippen molar-refractivity contribution in [1.82, 2.24) is 20.3 Å². The van der Waals surface area contributed by atoms with Crippen molar-refractivity contribution in [2.24, 2.45) is 0 Å². The number of nitrogens with one attached hydrogen (secondary N) is 2. The number of hydrogen-bond acceptors (Lipinski definition) is 3. The van der Waals surface area contributed by atoms with E-state index in [1.165, 1.54) is 23.1 Å². The van der Waals surface area contributed by atoms with Crippen molar-refractivity contribution < 1.29 is 0 Å². The normalized spacial score (nSPS) is 15.8. The van der Waals surface area contributed by atoms with Crippen LogP contribution < -0.4 is 5.32 Å². The third kappa shape index (κ3) is 4.40. The fourth-order valence-corrected chi connectivity index (χ4v) is 4.09. The van der Waals surface area contributed by atoms with Crippen LogP contribution in [0.4, 0.5) is 0 Å². The Bertz CT molecular complexity index is 876. The summed E-state index contributed by atoms with van der Waals surface area (Å²) in [5.74, 6) is 0. The van der Waals surface area contributed by atoms with Crippen molar-refractivity contribution in [3.63, 3.8) is 0 Å². The minimum Gasteiger partial charge on any atom is -0.351 e. The molecule has 1 aliphatic carbocycles. The van der Waals surface area contributed by atoms with Crippen LogP contribution in [0.1, 0.15) is 53.4 Å². The molecule has 0 radical (unpaired) electrons. The summed E-state index contributed by atoms with van der Waals surface area (Å²) in [6.45, 7) is 0.976. The van der Waals surface area contributed by atoms with Crippen molar-refractivity contribution in [2.75, 3.05) is 6.54 Å². The molecule has 4 rings (SSSR count). The van der Waals surface area contributed by atoms with Crippen LogP contribution in [0.25, 0.3) is 0 Å². The number of aromatic amines is 1. The first-order chi connectivity index (χ1) is 13.3. The highest BCUT2D eigenvalue weighted by Gasteiger charge is 2.24. The van der Waals surface area contributed by atoms with Gasteiger partial charge in [-0.05, 0) is 73.5 Å². The summed E-state index contributed by atoms with van der Waals surface area (Å²) in [6.07, 6.45) is 12.2. The molecule has 0 bridgehead atoms. The summed E-state index contributed by atoms with van der Waals surface area (Å²) < 4.78 is 0. The summed E-state index contributed by atoms with van der Waals surface area (Å²) in [6, 6.07) is 10.6. The number of pyridine rings is 1. The van der Waals surface area contributed by atoms with Gasteiger partial charge >= 0.3 is 0 Å². The lowest BCUT2D eigenvalue weighted by Crippen LogP contribution is -2.25. The lowest BCUT2D eigenvalue weighted by atomic mass is 9.98. The van der Waals surface area contributed by atoms with Crippen LogP contribution >= 0.6 is 11.6 Å². The maximum Gasteiger partial charge on any atom is 0.0923 e. The van der Waals surface area contributed by atoms with Crippen LogP contribution in [-0.2, 0) is 19.3 Å². The van der Waals surface area contributed by atoms with E-state index in [0.717, 1.165) is 55.1 Å². The van der Waals surface area contributed by atoms with Gasteiger partial charge in [0.15, 0.2) is 0 Å². The molecule has 0 fully saturated rings. The second-order valence-corrected chi connectivity index (χ2v) is 7.59. The molecule has 0 aliphatic heterocycles. The van der Waals surface area contributed by atoms with E-state index in [0.29, 0.717) is 0 Å². The molecule has 3 aromatic rings. The van der Waals surface area contributed by atoms with E-state index in [1.54, 1.807) is 6.33 Å². The number of aryl methyl sites for hydroxylation is 3. The Morgan fingerprint density at radius 3 is 2.89 bits per heavy atom. The molecular formula is C22H25ClN4. The van der Waals surface area contributed by atoms with Gasteiger partial charge in [-0.2, -0.15) is 0 Å². The van der Waals surface area contributed by atoms with Crippen molar-refractivity contribution in [2.45, 2.75) is 44.6 Å². The molecule has 27 heavy (non-hydrogen) atoms. The molecule has 0 spiro atoms. The van der Waals surface area contributed by atoms with Gasteiger partial charge in [-0.25, -0.2) is 4.98 Å². The van der Waals surface area contributed by atoms with Crippen molar-refractivity contribution in [1.29, 1.82) is 0 Å². The molecule has 1 aliphatic rings. The molecule has 2 N–H and O–H groups in total. The second-order valence-electron chi connectivity index (χ2n) is 7.15. The minimum atomic E-state index is 0.141. The Hall–Kier alpha value is -2.17. The summed E-state index contributed by atoms with van der Waals surface area (Å²) >= 11 is 6.25. The SMILES string of the molecule is Clc1ccc2c(c1)CCc1cccnc1C2NCCCCCc1c[nH]cn1. The number of nitrogens with zero attached hydrogens (tertiary/aromatic N) is 2. The Morgan fingerprint density at radius 1 is 1.07 bits per heavy atom. The Balaban J connectivity index is 1.41. The molecule has 2 aromatic heterocycles. The van der Waals surface area contributed by atoms with E-state index >= 15 is 0 Å². The van der Waals surface area contributed by atoms with Gasteiger partial charge in [-0.3, -0.25) is 4.98 Å². The molecule has 4 nitrogen and oxygen atoms in total. The number of benzene rings is 1. The van der Waals surface area contributed by atoms with Gasteiger partial charge in [0.25, 0.3) is 0 Å². The predicted molar refractivity (Wildman–Crippen MR) is 109 cm³/mol. The van der Waals surface area contributed by atoms with E-state index in [4.69, 9.17) is 16.6 Å². The van der Waals surface area contributed by atoms with Gasteiger partial charge in [0.2, 0.25) is 0 Å². The summed E-state index contributed by atoms with van der Waals surface area (Å²) in [7, 11) is 0. The number of aromatic nitrogens is 3. The van der Waals surface area contributed by atoms with Gasteiger partial charge in [0.05, 0.1) is 23.8 Å². The maximum absolute atomic E-state index is 6.25. The van der Waals surface area contributed by atoms with E-state index in [1.807, 2.05) is 24.5 Å².